The summed E-state index contributed by atoms with van der Waals surface area (Å²) < 4.78 is 0. The fraction of sp³-hybridized carbons (Fsp3) is 0.600. The lowest BCUT2D eigenvalue weighted by Gasteiger charge is -2.34. The molecule has 4 nitrogen and oxygen atoms in total. The molecule has 1 aliphatic rings. The summed E-state index contributed by atoms with van der Waals surface area (Å²) in [5.41, 5.74) is 1.61. The minimum Gasteiger partial charge on any atom is -0.315 e. The predicted molar refractivity (Wildman–Crippen MR) is 75.5 cm³/mol. The van der Waals surface area contributed by atoms with Crippen molar-refractivity contribution in [1.29, 1.82) is 5.26 Å². The van der Waals surface area contributed by atoms with Gasteiger partial charge in [-0.1, -0.05) is 13.0 Å². The van der Waals surface area contributed by atoms with Crippen LogP contribution in [0.5, 0.6) is 0 Å². The zero-order chi connectivity index (χ0) is 13.5. The third-order valence-electron chi connectivity index (χ3n) is 3.67. The highest BCUT2D eigenvalue weighted by atomic mass is 15.2. The van der Waals surface area contributed by atoms with Crippen LogP contribution in [0, 0.1) is 11.3 Å². The number of piperidine rings is 1. The highest BCUT2D eigenvalue weighted by molar-refractivity contribution is 5.30. The zero-order valence-electron chi connectivity index (χ0n) is 11.6. The lowest BCUT2D eigenvalue weighted by atomic mass is 10.0. The third kappa shape index (κ3) is 3.76. The van der Waals surface area contributed by atoms with Gasteiger partial charge < -0.3 is 5.32 Å². The molecule has 19 heavy (non-hydrogen) atoms. The summed E-state index contributed by atoms with van der Waals surface area (Å²) in [4.78, 5) is 6.64. The van der Waals surface area contributed by atoms with Gasteiger partial charge in [0.1, 0.15) is 11.8 Å². The van der Waals surface area contributed by atoms with Crippen LogP contribution in [0.15, 0.2) is 18.3 Å². The molecule has 0 amide bonds. The van der Waals surface area contributed by atoms with Crippen LogP contribution in [0.25, 0.3) is 0 Å². The van der Waals surface area contributed by atoms with Gasteiger partial charge in [0.25, 0.3) is 0 Å². The van der Waals surface area contributed by atoms with Crippen molar-refractivity contribution in [3.8, 4) is 6.07 Å². The molecule has 0 radical (unpaired) electrons. The first kappa shape index (κ1) is 14.0. The van der Waals surface area contributed by atoms with E-state index in [4.69, 9.17) is 5.26 Å². The number of nitriles is 1. The Morgan fingerprint density at radius 2 is 2.47 bits per heavy atom. The molecule has 1 atom stereocenters. The van der Waals surface area contributed by atoms with Crippen LogP contribution >= 0.6 is 0 Å². The topological polar surface area (TPSA) is 52.0 Å². The van der Waals surface area contributed by atoms with Crippen LogP contribution in [0.4, 0.5) is 0 Å². The molecule has 1 aliphatic heterocycles. The van der Waals surface area contributed by atoms with Crippen molar-refractivity contribution in [2.45, 2.75) is 38.8 Å². The number of aromatic nitrogens is 1. The number of nitrogens with one attached hydrogen (secondary N) is 1. The molecule has 1 aromatic rings. The minimum absolute atomic E-state index is 0.562. The van der Waals surface area contributed by atoms with Crippen molar-refractivity contribution in [3.05, 3.63) is 29.6 Å². The molecule has 102 valence electrons. The summed E-state index contributed by atoms with van der Waals surface area (Å²) in [6.45, 7) is 6.30. The lowest BCUT2D eigenvalue weighted by molar-refractivity contribution is 0.157. The van der Waals surface area contributed by atoms with Gasteiger partial charge >= 0.3 is 0 Å². The second kappa shape index (κ2) is 7.22. The van der Waals surface area contributed by atoms with E-state index in [1.807, 2.05) is 12.1 Å². The normalized spacial score (nSPS) is 19.3. The highest BCUT2D eigenvalue weighted by Crippen LogP contribution is 2.16. The number of pyridine rings is 1. The zero-order valence-corrected chi connectivity index (χ0v) is 11.6. The second-order valence-electron chi connectivity index (χ2n) is 5.09. The Morgan fingerprint density at radius 1 is 1.58 bits per heavy atom. The van der Waals surface area contributed by atoms with E-state index in [0.29, 0.717) is 11.7 Å². The van der Waals surface area contributed by atoms with Crippen molar-refractivity contribution in [3.63, 3.8) is 0 Å². The highest BCUT2D eigenvalue weighted by Gasteiger charge is 2.21. The van der Waals surface area contributed by atoms with E-state index < -0.39 is 0 Å². The minimum atomic E-state index is 0.562. The molecule has 0 aromatic carbocycles. The van der Waals surface area contributed by atoms with Gasteiger partial charge in [0.05, 0.1) is 0 Å². The second-order valence-corrected chi connectivity index (χ2v) is 5.09. The fourth-order valence-corrected chi connectivity index (χ4v) is 2.71. The maximum atomic E-state index is 9.13. The molecule has 2 heterocycles. The molecular formula is C15H22N4. The van der Waals surface area contributed by atoms with E-state index in [1.165, 1.54) is 12.8 Å². The standard InChI is InChI=1S/C15H22N4/c1-2-9-19(14-6-4-7-17-11-14)12-13-5-3-8-18-15(13)10-16/h3,5,8,14,17H,2,4,6-7,9,11-12H2,1H3. The average Bonchev–Trinajstić information content (AvgIpc) is 2.48. The van der Waals surface area contributed by atoms with Crippen molar-refractivity contribution in [2.24, 2.45) is 0 Å². The van der Waals surface area contributed by atoms with Gasteiger partial charge in [-0.15, -0.1) is 0 Å². The first-order valence-corrected chi connectivity index (χ1v) is 7.14. The van der Waals surface area contributed by atoms with E-state index in [1.54, 1.807) is 6.20 Å². The molecule has 2 rings (SSSR count). The molecular weight excluding hydrogens is 236 g/mol. The van der Waals surface area contributed by atoms with Crippen molar-refractivity contribution in [2.75, 3.05) is 19.6 Å². The van der Waals surface area contributed by atoms with Gasteiger partial charge in [0.2, 0.25) is 0 Å². The third-order valence-corrected chi connectivity index (χ3v) is 3.67. The van der Waals surface area contributed by atoms with Crippen LogP contribution in [0.3, 0.4) is 0 Å². The number of rotatable bonds is 5. The van der Waals surface area contributed by atoms with Gasteiger partial charge in [-0.2, -0.15) is 5.26 Å². The maximum Gasteiger partial charge on any atom is 0.144 e. The van der Waals surface area contributed by atoms with Gasteiger partial charge in [-0.05, 0) is 38.4 Å². The summed E-state index contributed by atoms with van der Waals surface area (Å²) in [5, 5.41) is 12.6. The van der Waals surface area contributed by atoms with Gasteiger partial charge in [-0.3, -0.25) is 4.90 Å². The van der Waals surface area contributed by atoms with E-state index >= 15 is 0 Å². The first-order chi connectivity index (χ1) is 9.35. The number of hydrogen-bond acceptors (Lipinski definition) is 4. The molecule has 1 unspecified atom stereocenters. The number of hydrogen-bond donors (Lipinski definition) is 1. The summed E-state index contributed by atoms with van der Waals surface area (Å²) in [6.07, 6.45) is 5.31. The van der Waals surface area contributed by atoms with E-state index in [2.05, 4.69) is 28.2 Å². The first-order valence-electron chi connectivity index (χ1n) is 7.14. The Labute approximate surface area is 115 Å². The quantitative estimate of drug-likeness (QED) is 0.876. The van der Waals surface area contributed by atoms with Gasteiger partial charge in [-0.25, -0.2) is 4.98 Å². The summed E-state index contributed by atoms with van der Waals surface area (Å²) >= 11 is 0. The largest absolute Gasteiger partial charge is 0.315 e. The Morgan fingerprint density at radius 3 is 3.16 bits per heavy atom. The monoisotopic (exact) mass is 258 g/mol. The predicted octanol–water partition coefficient (Wildman–Crippen LogP) is 1.92. The molecule has 1 N–H and O–H groups in total. The van der Waals surface area contributed by atoms with Crippen LogP contribution in [0.2, 0.25) is 0 Å². The van der Waals surface area contributed by atoms with Crippen molar-refractivity contribution < 1.29 is 0 Å². The molecule has 1 aromatic heterocycles. The van der Waals surface area contributed by atoms with Gasteiger partial charge in [0.15, 0.2) is 0 Å². The molecule has 0 bridgehead atoms. The Kier molecular flexibility index (Phi) is 5.31. The Hall–Kier alpha value is -1.44. The number of nitrogens with zero attached hydrogens (tertiary/aromatic N) is 3. The smallest absolute Gasteiger partial charge is 0.144 e. The van der Waals surface area contributed by atoms with Crippen molar-refractivity contribution in [1.82, 2.24) is 15.2 Å². The fourth-order valence-electron chi connectivity index (χ4n) is 2.71. The van der Waals surface area contributed by atoms with Crippen LogP contribution in [0.1, 0.15) is 37.4 Å². The van der Waals surface area contributed by atoms with E-state index in [9.17, 15) is 0 Å². The Bertz CT molecular complexity index is 432. The van der Waals surface area contributed by atoms with Crippen LogP contribution in [-0.4, -0.2) is 35.6 Å². The molecule has 0 saturated carbocycles. The average molecular weight is 258 g/mol. The molecule has 0 aliphatic carbocycles. The van der Waals surface area contributed by atoms with Gasteiger partial charge in [0, 0.05) is 30.9 Å². The lowest BCUT2D eigenvalue weighted by Crippen LogP contribution is -2.46. The van der Waals surface area contributed by atoms with Crippen LogP contribution < -0.4 is 5.32 Å². The molecule has 1 fully saturated rings. The summed E-state index contributed by atoms with van der Waals surface area (Å²) in [6, 6.07) is 6.71. The Balaban J connectivity index is 2.09. The van der Waals surface area contributed by atoms with E-state index in [-0.39, 0.29) is 0 Å². The molecule has 4 heteroatoms. The molecule has 0 spiro atoms. The van der Waals surface area contributed by atoms with Crippen molar-refractivity contribution >= 4 is 0 Å². The SMILES string of the molecule is CCCN(Cc1cccnc1C#N)C1CCCNC1. The maximum absolute atomic E-state index is 9.13. The summed E-state index contributed by atoms with van der Waals surface area (Å²) in [5.74, 6) is 0. The summed E-state index contributed by atoms with van der Waals surface area (Å²) in [7, 11) is 0. The van der Waals surface area contributed by atoms with Crippen LogP contribution in [-0.2, 0) is 6.54 Å². The van der Waals surface area contributed by atoms with E-state index in [0.717, 1.165) is 38.2 Å². The molecule has 1 saturated heterocycles.